The first-order valence-electron chi connectivity index (χ1n) is 7.24. The van der Waals surface area contributed by atoms with Gasteiger partial charge in [0.15, 0.2) is 11.5 Å². The first kappa shape index (κ1) is 16.2. The molecule has 0 fully saturated rings. The predicted molar refractivity (Wildman–Crippen MR) is 95.5 cm³/mol. The van der Waals surface area contributed by atoms with Crippen LogP contribution in [0.2, 0.25) is 0 Å². The second-order valence-electron chi connectivity index (χ2n) is 5.07. The van der Waals surface area contributed by atoms with E-state index in [1.807, 2.05) is 43.3 Å². The Morgan fingerprint density at radius 2 is 1.96 bits per heavy atom. The lowest BCUT2D eigenvalue weighted by Crippen LogP contribution is -2.22. The zero-order valence-corrected chi connectivity index (χ0v) is 14.9. The third-order valence-corrected chi connectivity index (χ3v) is 4.87. The van der Waals surface area contributed by atoms with Gasteiger partial charge in [-0.2, -0.15) is 0 Å². The molecule has 0 bridgehead atoms. The van der Waals surface area contributed by atoms with Gasteiger partial charge in [-0.3, -0.25) is 4.79 Å². The smallest absolute Gasteiger partial charge is 0.237 e. The number of anilines is 1. The third kappa shape index (κ3) is 4.20. The summed E-state index contributed by atoms with van der Waals surface area (Å²) in [4.78, 5) is 13.4. The number of ether oxygens (including phenoxy) is 2. The molecule has 0 aromatic heterocycles. The van der Waals surface area contributed by atoms with E-state index in [9.17, 15) is 4.79 Å². The van der Waals surface area contributed by atoms with Crippen LogP contribution < -0.4 is 14.8 Å². The Labute approximate surface area is 147 Å². The van der Waals surface area contributed by atoms with Crippen molar-refractivity contribution < 1.29 is 14.3 Å². The number of nitrogens with one attached hydrogen (secondary N) is 1. The average molecular weight is 394 g/mol. The van der Waals surface area contributed by atoms with Gasteiger partial charge in [-0.25, -0.2) is 0 Å². The van der Waals surface area contributed by atoms with Crippen molar-refractivity contribution in [2.24, 2.45) is 0 Å². The topological polar surface area (TPSA) is 47.6 Å². The van der Waals surface area contributed by atoms with Crippen molar-refractivity contribution in [1.82, 2.24) is 0 Å². The molecule has 1 atom stereocenters. The molecule has 1 amide bonds. The maximum Gasteiger partial charge on any atom is 0.237 e. The zero-order valence-electron chi connectivity index (χ0n) is 12.5. The summed E-state index contributed by atoms with van der Waals surface area (Å²) in [5.74, 6) is 1.33. The van der Waals surface area contributed by atoms with Gasteiger partial charge in [-0.15, -0.1) is 11.8 Å². The lowest BCUT2D eigenvalue weighted by molar-refractivity contribution is -0.115. The molecule has 0 radical (unpaired) electrons. The number of carbonyl (C=O) groups is 1. The molecule has 6 heteroatoms. The van der Waals surface area contributed by atoms with Gasteiger partial charge in [-0.05, 0) is 37.3 Å². The maximum absolute atomic E-state index is 12.4. The fraction of sp³-hybridized carbons (Fsp3) is 0.235. The Morgan fingerprint density at radius 1 is 1.17 bits per heavy atom. The molecule has 1 aliphatic heterocycles. The van der Waals surface area contributed by atoms with Crippen molar-refractivity contribution in [1.29, 1.82) is 0 Å². The van der Waals surface area contributed by atoms with Gasteiger partial charge >= 0.3 is 0 Å². The van der Waals surface area contributed by atoms with Crippen LogP contribution in [0.4, 0.5) is 5.69 Å². The molecule has 120 valence electrons. The average Bonchev–Trinajstić information content (AvgIpc) is 2.54. The van der Waals surface area contributed by atoms with Gasteiger partial charge in [-0.1, -0.05) is 22.0 Å². The minimum atomic E-state index is -0.211. The SMILES string of the molecule is CC(Sc1cccc(Br)c1)C(=O)Nc1ccc2c(c1)OCCO2. The number of thioether (sulfide) groups is 1. The van der Waals surface area contributed by atoms with Crippen molar-refractivity contribution >= 4 is 39.3 Å². The molecule has 0 saturated heterocycles. The largest absolute Gasteiger partial charge is 0.486 e. The minimum absolute atomic E-state index is 0.0494. The van der Waals surface area contributed by atoms with E-state index >= 15 is 0 Å². The number of hydrogen-bond donors (Lipinski definition) is 1. The van der Waals surface area contributed by atoms with Gasteiger partial charge in [0.25, 0.3) is 0 Å². The predicted octanol–water partition coefficient (Wildman–Crippen LogP) is 4.34. The first-order chi connectivity index (χ1) is 11.1. The number of amides is 1. The van der Waals surface area contributed by atoms with Crippen molar-refractivity contribution in [3.63, 3.8) is 0 Å². The van der Waals surface area contributed by atoms with E-state index in [0.717, 1.165) is 9.37 Å². The van der Waals surface area contributed by atoms with Crippen LogP contribution in [0.25, 0.3) is 0 Å². The number of hydrogen-bond acceptors (Lipinski definition) is 4. The van der Waals surface area contributed by atoms with E-state index < -0.39 is 0 Å². The Bertz CT molecular complexity index is 723. The van der Waals surface area contributed by atoms with Crippen molar-refractivity contribution in [2.45, 2.75) is 17.1 Å². The summed E-state index contributed by atoms with van der Waals surface area (Å²) in [5.41, 5.74) is 0.709. The van der Waals surface area contributed by atoms with Gasteiger partial charge in [0.2, 0.25) is 5.91 Å². The summed E-state index contributed by atoms with van der Waals surface area (Å²) in [6.45, 7) is 2.97. The van der Waals surface area contributed by atoms with E-state index in [1.165, 1.54) is 11.8 Å². The molecule has 0 aliphatic carbocycles. The molecule has 1 aliphatic rings. The molecular weight excluding hydrogens is 378 g/mol. The Morgan fingerprint density at radius 3 is 2.74 bits per heavy atom. The second-order valence-corrected chi connectivity index (χ2v) is 7.40. The number of halogens is 1. The molecule has 23 heavy (non-hydrogen) atoms. The van der Waals surface area contributed by atoms with Crippen molar-refractivity contribution in [3.8, 4) is 11.5 Å². The number of carbonyl (C=O) groups excluding carboxylic acids is 1. The van der Waals surface area contributed by atoms with E-state index in [-0.39, 0.29) is 11.2 Å². The van der Waals surface area contributed by atoms with Crippen LogP contribution in [0.1, 0.15) is 6.92 Å². The zero-order chi connectivity index (χ0) is 16.2. The molecule has 4 nitrogen and oxygen atoms in total. The molecule has 0 spiro atoms. The van der Waals surface area contributed by atoms with Crippen LogP contribution in [0.3, 0.4) is 0 Å². The lowest BCUT2D eigenvalue weighted by Gasteiger charge is -2.19. The Kier molecular flexibility index (Phi) is 5.13. The Balaban J connectivity index is 1.64. The van der Waals surface area contributed by atoms with Crippen LogP contribution in [-0.4, -0.2) is 24.4 Å². The van der Waals surface area contributed by atoms with Crippen LogP contribution in [0.15, 0.2) is 51.8 Å². The minimum Gasteiger partial charge on any atom is -0.486 e. The van der Waals surface area contributed by atoms with E-state index in [2.05, 4.69) is 21.2 Å². The third-order valence-electron chi connectivity index (χ3n) is 3.29. The second kappa shape index (κ2) is 7.27. The highest BCUT2D eigenvalue weighted by Gasteiger charge is 2.17. The lowest BCUT2D eigenvalue weighted by atomic mass is 10.2. The molecule has 2 aromatic rings. The fourth-order valence-corrected chi connectivity index (χ4v) is 3.64. The van der Waals surface area contributed by atoms with Gasteiger partial charge in [0.05, 0.1) is 5.25 Å². The molecule has 2 aromatic carbocycles. The highest BCUT2D eigenvalue weighted by Crippen LogP contribution is 2.33. The van der Waals surface area contributed by atoms with Crippen LogP contribution in [0.5, 0.6) is 11.5 Å². The van der Waals surface area contributed by atoms with Crippen LogP contribution >= 0.6 is 27.7 Å². The molecule has 3 rings (SSSR count). The molecule has 0 saturated carbocycles. The van der Waals surface area contributed by atoms with Gasteiger partial charge in [0, 0.05) is 21.1 Å². The maximum atomic E-state index is 12.4. The monoisotopic (exact) mass is 393 g/mol. The number of rotatable bonds is 4. The normalized spacial score (nSPS) is 14.2. The molecule has 1 unspecified atom stereocenters. The fourth-order valence-electron chi connectivity index (χ4n) is 2.16. The van der Waals surface area contributed by atoms with Gasteiger partial charge in [0.1, 0.15) is 13.2 Å². The summed E-state index contributed by atoms with van der Waals surface area (Å²) in [6.07, 6.45) is 0. The highest BCUT2D eigenvalue weighted by molar-refractivity contribution is 9.10. The summed E-state index contributed by atoms with van der Waals surface area (Å²) < 4.78 is 12.0. The summed E-state index contributed by atoms with van der Waals surface area (Å²) in [5, 5.41) is 2.71. The summed E-state index contributed by atoms with van der Waals surface area (Å²) in [7, 11) is 0. The van der Waals surface area contributed by atoms with Crippen molar-refractivity contribution in [2.75, 3.05) is 18.5 Å². The molecule has 1 N–H and O–H groups in total. The standard InChI is InChI=1S/C17H16BrNO3S/c1-11(23-14-4-2-3-12(18)9-14)17(20)19-13-5-6-15-16(10-13)22-8-7-21-15/h2-6,9-11H,7-8H2,1H3,(H,19,20). The van der Waals surface area contributed by atoms with E-state index in [4.69, 9.17) is 9.47 Å². The summed E-state index contributed by atoms with van der Waals surface area (Å²) >= 11 is 4.95. The van der Waals surface area contributed by atoms with E-state index in [0.29, 0.717) is 30.4 Å². The molecular formula is C17H16BrNO3S. The quantitative estimate of drug-likeness (QED) is 0.784. The molecule has 1 heterocycles. The summed E-state index contributed by atoms with van der Waals surface area (Å²) in [6, 6.07) is 13.3. The number of fused-ring (bicyclic) bond motifs is 1. The Hall–Kier alpha value is -1.66. The highest BCUT2D eigenvalue weighted by atomic mass is 79.9. The number of benzene rings is 2. The van der Waals surface area contributed by atoms with Gasteiger partial charge < -0.3 is 14.8 Å². The van der Waals surface area contributed by atoms with Crippen LogP contribution in [0, 0.1) is 0 Å². The van der Waals surface area contributed by atoms with Crippen molar-refractivity contribution in [3.05, 3.63) is 46.9 Å². The van der Waals surface area contributed by atoms with E-state index in [1.54, 1.807) is 6.07 Å². The first-order valence-corrected chi connectivity index (χ1v) is 8.92. The van der Waals surface area contributed by atoms with Crippen LogP contribution in [-0.2, 0) is 4.79 Å².